The van der Waals surface area contributed by atoms with E-state index in [9.17, 15) is 13.2 Å². The Morgan fingerprint density at radius 2 is 1.81 bits per heavy atom. The second-order valence-electron chi connectivity index (χ2n) is 5.06. The van der Waals surface area contributed by atoms with Crippen LogP contribution in [0.2, 0.25) is 0 Å². The molecule has 0 saturated heterocycles. The van der Waals surface area contributed by atoms with Gasteiger partial charge in [0.25, 0.3) is 0 Å². The monoisotopic (exact) mass is 308 g/mol. The predicted molar refractivity (Wildman–Crippen MR) is 77.2 cm³/mol. The lowest BCUT2D eigenvalue weighted by molar-refractivity contribution is 0.0659. The maximum absolute atomic E-state index is 12.4. The number of furan rings is 1. The van der Waals surface area contributed by atoms with Gasteiger partial charge in [-0.3, -0.25) is 0 Å². The number of carbonyl (C=O) groups is 1. The first-order valence-electron chi connectivity index (χ1n) is 6.33. The molecule has 0 aliphatic carbocycles. The number of carboxylic acids is 1. The summed E-state index contributed by atoms with van der Waals surface area (Å²) < 4.78 is 30.0. The van der Waals surface area contributed by atoms with Gasteiger partial charge in [0, 0.05) is 5.56 Å². The summed E-state index contributed by atoms with van der Waals surface area (Å²) in [5, 5.41) is 8.93. The number of carboxylic acid groups (broad SMARTS) is 1. The van der Waals surface area contributed by atoms with E-state index in [2.05, 4.69) is 0 Å². The molecule has 1 N–H and O–H groups in total. The van der Waals surface area contributed by atoms with Crippen LogP contribution in [0.3, 0.4) is 0 Å². The Labute approximate surface area is 123 Å². The van der Waals surface area contributed by atoms with Crippen LogP contribution in [0.1, 0.15) is 33.0 Å². The fraction of sp³-hybridized carbons (Fsp3) is 0.267. The molecule has 0 saturated carbocycles. The molecule has 0 atom stereocenters. The molecule has 2 aromatic rings. The van der Waals surface area contributed by atoms with Gasteiger partial charge in [0.2, 0.25) is 5.76 Å². The molecule has 21 heavy (non-hydrogen) atoms. The zero-order valence-corrected chi connectivity index (χ0v) is 12.8. The summed E-state index contributed by atoms with van der Waals surface area (Å²) in [7, 11) is -3.58. The summed E-state index contributed by atoms with van der Waals surface area (Å²) in [6.45, 7) is 5.19. The molecule has 0 bridgehead atoms. The molecular formula is C15H16O5S. The topological polar surface area (TPSA) is 84.6 Å². The van der Waals surface area contributed by atoms with Gasteiger partial charge in [-0.25, -0.2) is 13.2 Å². The molecule has 1 heterocycles. The zero-order valence-electron chi connectivity index (χ0n) is 12.0. The minimum absolute atomic E-state index is 0.130. The number of sulfone groups is 1. The lowest BCUT2D eigenvalue weighted by Crippen LogP contribution is -2.06. The van der Waals surface area contributed by atoms with Crippen molar-refractivity contribution < 1.29 is 22.7 Å². The van der Waals surface area contributed by atoms with Gasteiger partial charge in [0.15, 0.2) is 9.84 Å². The van der Waals surface area contributed by atoms with Crippen LogP contribution in [-0.4, -0.2) is 19.5 Å². The standard InChI is InChI=1S/C15H16O5S/c1-9-4-5-13(10(2)6-9)21(18,19)8-12-7-11(3)14(20-12)15(16)17/h4-7H,8H2,1-3H3,(H,16,17). The van der Waals surface area contributed by atoms with Gasteiger partial charge in [-0.2, -0.15) is 0 Å². The summed E-state index contributed by atoms with van der Waals surface area (Å²) in [5.41, 5.74) is 2.05. The summed E-state index contributed by atoms with van der Waals surface area (Å²) in [6, 6.07) is 6.54. The molecule has 6 heteroatoms. The molecule has 1 aromatic heterocycles. The lowest BCUT2D eigenvalue weighted by atomic mass is 10.2. The van der Waals surface area contributed by atoms with E-state index in [-0.39, 0.29) is 22.2 Å². The number of aryl methyl sites for hydroxylation is 3. The summed E-state index contributed by atoms with van der Waals surface area (Å²) in [6.07, 6.45) is 0. The fourth-order valence-corrected chi connectivity index (χ4v) is 3.74. The lowest BCUT2D eigenvalue weighted by Gasteiger charge is -2.07. The van der Waals surface area contributed by atoms with E-state index in [1.165, 1.54) is 6.07 Å². The molecule has 5 nitrogen and oxygen atoms in total. The molecule has 112 valence electrons. The molecule has 0 fully saturated rings. The van der Waals surface area contributed by atoms with Crippen LogP contribution in [0.4, 0.5) is 0 Å². The van der Waals surface area contributed by atoms with Crippen molar-refractivity contribution in [2.75, 3.05) is 0 Å². The van der Waals surface area contributed by atoms with Crippen LogP contribution < -0.4 is 0 Å². The third-order valence-corrected chi connectivity index (χ3v) is 4.95. The van der Waals surface area contributed by atoms with Gasteiger partial charge in [0.1, 0.15) is 11.5 Å². The van der Waals surface area contributed by atoms with E-state index in [1.807, 2.05) is 6.92 Å². The predicted octanol–water partition coefficient (Wildman–Crippen LogP) is 2.88. The fourth-order valence-electron chi connectivity index (χ4n) is 2.24. The van der Waals surface area contributed by atoms with Gasteiger partial charge >= 0.3 is 5.97 Å². The van der Waals surface area contributed by atoms with E-state index in [0.29, 0.717) is 11.1 Å². The average Bonchev–Trinajstić information content (AvgIpc) is 2.68. The Morgan fingerprint density at radius 1 is 1.14 bits per heavy atom. The van der Waals surface area contributed by atoms with Crippen LogP contribution in [0, 0.1) is 20.8 Å². The number of rotatable bonds is 4. The SMILES string of the molecule is Cc1ccc(S(=O)(=O)Cc2cc(C)c(C(=O)O)o2)c(C)c1. The first kappa shape index (κ1) is 15.3. The van der Waals surface area contributed by atoms with Crippen LogP contribution in [0.15, 0.2) is 33.6 Å². The van der Waals surface area contributed by atoms with E-state index in [1.54, 1.807) is 32.0 Å². The van der Waals surface area contributed by atoms with Gasteiger partial charge in [0.05, 0.1) is 4.90 Å². The molecule has 0 spiro atoms. The van der Waals surface area contributed by atoms with Crippen molar-refractivity contribution in [3.05, 3.63) is 52.5 Å². The molecule has 1 aromatic carbocycles. The molecule has 0 aliphatic rings. The van der Waals surface area contributed by atoms with E-state index in [0.717, 1.165) is 5.56 Å². The van der Waals surface area contributed by atoms with Crippen molar-refractivity contribution in [1.29, 1.82) is 0 Å². The maximum Gasteiger partial charge on any atom is 0.372 e. The highest BCUT2D eigenvalue weighted by Crippen LogP contribution is 2.23. The summed E-state index contributed by atoms with van der Waals surface area (Å²) in [5.74, 6) is -1.65. The second kappa shape index (κ2) is 5.37. The van der Waals surface area contributed by atoms with Crippen LogP contribution >= 0.6 is 0 Å². The van der Waals surface area contributed by atoms with Crippen molar-refractivity contribution in [1.82, 2.24) is 0 Å². The van der Waals surface area contributed by atoms with Crippen LogP contribution in [0.25, 0.3) is 0 Å². The number of hydrogen-bond donors (Lipinski definition) is 1. The third-order valence-electron chi connectivity index (χ3n) is 3.16. The van der Waals surface area contributed by atoms with E-state index >= 15 is 0 Å². The Kier molecular flexibility index (Phi) is 3.91. The van der Waals surface area contributed by atoms with E-state index < -0.39 is 15.8 Å². The molecule has 0 unspecified atom stereocenters. The number of hydrogen-bond acceptors (Lipinski definition) is 4. The zero-order chi connectivity index (χ0) is 15.8. The van der Waals surface area contributed by atoms with Crippen molar-refractivity contribution in [3.8, 4) is 0 Å². The number of aromatic carboxylic acids is 1. The van der Waals surface area contributed by atoms with Crippen LogP contribution in [-0.2, 0) is 15.6 Å². The van der Waals surface area contributed by atoms with Crippen LogP contribution in [0.5, 0.6) is 0 Å². The number of benzene rings is 1. The molecule has 2 rings (SSSR count). The average molecular weight is 308 g/mol. The van der Waals surface area contributed by atoms with Crippen molar-refractivity contribution >= 4 is 15.8 Å². The van der Waals surface area contributed by atoms with Gasteiger partial charge in [-0.05, 0) is 38.5 Å². The largest absolute Gasteiger partial charge is 0.475 e. The summed E-state index contributed by atoms with van der Waals surface area (Å²) in [4.78, 5) is 11.2. The highest BCUT2D eigenvalue weighted by atomic mass is 32.2. The minimum atomic E-state index is -3.58. The molecular weight excluding hydrogens is 292 g/mol. The Hall–Kier alpha value is -2.08. The minimum Gasteiger partial charge on any atom is -0.475 e. The van der Waals surface area contributed by atoms with Crippen molar-refractivity contribution in [2.45, 2.75) is 31.4 Å². The molecule has 0 amide bonds. The van der Waals surface area contributed by atoms with Gasteiger partial charge < -0.3 is 9.52 Å². The Morgan fingerprint density at radius 3 is 2.33 bits per heavy atom. The Balaban J connectivity index is 2.37. The third kappa shape index (κ3) is 3.16. The quantitative estimate of drug-likeness (QED) is 0.938. The van der Waals surface area contributed by atoms with Gasteiger partial charge in [-0.1, -0.05) is 17.7 Å². The molecule has 0 aliphatic heterocycles. The first-order chi connectivity index (χ1) is 9.70. The van der Waals surface area contributed by atoms with Gasteiger partial charge in [-0.15, -0.1) is 0 Å². The van der Waals surface area contributed by atoms with E-state index in [4.69, 9.17) is 9.52 Å². The van der Waals surface area contributed by atoms with Crippen molar-refractivity contribution in [3.63, 3.8) is 0 Å². The molecule has 0 radical (unpaired) electrons. The smallest absolute Gasteiger partial charge is 0.372 e. The maximum atomic E-state index is 12.4. The Bertz CT molecular complexity index is 799. The highest BCUT2D eigenvalue weighted by molar-refractivity contribution is 7.90. The highest BCUT2D eigenvalue weighted by Gasteiger charge is 2.22. The normalized spacial score (nSPS) is 11.6. The van der Waals surface area contributed by atoms with Crippen molar-refractivity contribution in [2.24, 2.45) is 0 Å². The summed E-state index contributed by atoms with van der Waals surface area (Å²) >= 11 is 0. The second-order valence-corrected chi connectivity index (χ2v) is 7.02. The first-order valence-corrected chi connectivity index (χ1v) is 7.98.